The van der Waals surface area contributed by atoms with Gasteiger partial charge in [0, 0.05) is 0 Å². The molecule has 1 aliphatic carbocycles. The molecule has 0 fully saturated rings. The molecule has 0 aromatic heterocycles. The molecule has 0 aromatic rings. The van der Waals surface area contributed by atoms with Crippen molar-refractivity contribution in [2.24, 2.45) is 0 Å². The van der Waals surface area contributed by atoms with Gasteiger partial charge >= 0.3 is 19.5 Å². The van der Waals surface area contributed by atoms with Crippen LogP contribution in [0.3, 0.4) is 0 Å². The Kier molecular flexibility index (Phi) is 27.2. The van der Waals surface area contributed by atoms with Crippen molar-refractivity contribution in [3.8, 4) is 0 Å². The van der Waals surface area contributed by atoms with Gasteiger partial charge in [-0.05, 0) is 46.5 Å². The minimum Gasteiger partial charge on any atom is -0.542 e. The van der Waals surface area contributed by atoms with Gasteiger partial charge in [0.05, 0.1) is 19.3 Å². The molecule has 0 spiro atoms. The zero-order chi connectivity index (χ0) is 28.0. The third-order valence-electron chi connectivity index (χ3n) is 3.29. The Balaban J connectivity index is -0.000000188. The van der Waals surface area contributed by atoms with E-state index in [4.69, 9.17) is 0 Å². The molecule has 36 heavy (non-hydrogen) atoms. The summed E-state index contributed by atoms with van der Waals surface area (Å²) in [5.41, 5.74) is 0. The van der Waals surface area contributed by atoms with E-state index >= 15 is 0 Å². The van der Waals surface area contributed by atoms with Gasteiger partial charge in [-0.15, -0.1) is 0 Å². The first-order valence-corrected chi connectivity index (χ1v) is 10.1. The molecule has 12 nitrogen and oxygen atoms in total. The molecule has 13 heteroatoms. The molecule has 0 unspecified atom stereocenters. The summed E-state index contributed by atoms with van der Waals surface area (Å²) in [6, 6.07) is 0. The molecule has 0 aliphatic heterocycles. The summed E-state index contributed by atoms with van der Waals surface area (Å²) in [6.45, 7) is 3.42. The van der Waals surface area contributed by atoms with Crippen molar-refractivity contribution in [3.05, 3.63) is 24.3 Å². The van der Waals surface area contributed by atoms with E-state index in [1.165, 1.54) is 25.7 Å². The van der Waals surface area contributed by atoms with Crippen LogP contribution < -0.4 is 15.3 Å². The fraction of sp³-hybridized carbons (Fsp3) is 0.435. The summed E-state index contributed by atoms with van der Waals surface area (Å²) in [4.78, 5) is 89.2. The average molecular weight is 598 g/mol. The number of ketones is 6. The minimum absolute atomic E-state index is 0. The predicted molar refractivity (Wildman–Crippen MR) is 113 cm³/mol. The largest absolute Gasteiger partial charge is 3.00 e. The molecule has 0 heterocycles. The van der Waals surface area contributed by atoms with Crippen molar-refractivity contribution in [2.75, 3.05) is 0 Å². The number of carboxylic acids is 3. The van der Waals surface area contributed by atoms with Gasteiger partial charge in [0.1, 0.15) is 35.3 Å². The second-order valence-corrected chi connectivity index (χ2v) is 6.91. The molecule has 1 rings (SSSR count). The van der Waals surface area contributed by atoms with Gasteiger partial charge in [0.25, 0.3) is 0 Å². The number of rotatable bonds is 9. The number of carbonyl (C=O) groups is 9. The van der Waals surface area contributed by atoms with E-state index in [1.807, 2.05) is 0 Å². The summed E-state index contributed by atoms with van der Waals surface area (Å²) >= 11 is 0. The first kappa shape index (κ1) is 39.7. The Bertz CT molecular complexity index is 764. The number of carbonyl (C=O) groups excluding carboxylic acids is 9. The van der Waals surface area contributed by atoms with Gasteiger partial charge in [-0.2, -0.15) is 0 Å². The Hall–Kier alpha value is -3.47. The zero-order valence-corrected chi connectivity index (χ0v) is 21.6. The molecule has 0 bridgehead atoms. The van der Waals surface area contributed by atoms with Crippen molar-refractivity contribution in [1.29, 1.82) is 0 Å². The van der Waals surface area contributed by atoms with Gasteiger partial charge in [0.2, 0.25) is 0 Å². The molecule has 0 atom stereocenters. The number of carboxylic acid groups (broad SMARTS) is 3. The van der Waals surface area contributed by atoms with Gasteiger partial charge < -0.3 is 29.7 Å². The second kappa shape index (κ2) is 24.7. The van der Waals surface area contributed by atoms with Crippen molar-refractivity contribution >= 4 is 52.6 Å². The third-order valence-corrected chi connectivity index (χ3v) is 3.29. The maximum atomic E-state index is 10.1. The number of Topliss-reactive ketones (excluding diaryl/α,β-unsaturated/α-hetero) is 6. The first-order chi connectivity index (χ1) is 16.1. The van der Waals surface area contributed by atoms with Crippen LogP contribution in [0.2, 0.25) is 0 Å². The fourth-order valence-electron chi connectivity index (χ4n) is 1.77. The van der Waals surface area contributed by atoms with Gasteiger partial charge in [-0.25, -0.2) is 0 Å². The van der Waals surface area contributed by atoms with E-state index in [9.17, 15) is 58.5 Å². The molecular formula is C23H27O12Rh. The van der Waals surface area contributed by atoms with Crippen LogP contribution in [0.5, 0.6) is 0 Å². The van der Waals surface area contributed by atoms with E-state index < -0.39 is 71.9 Å². The van der Waals surface area contributed by atoms with Crippen molar-refractivity contribution in [3.63, 3.8) is 0 Å². The number of allylic oxidation sites excluding steroid dienone is 4. The van der Waals surface area contributed by atoms with Crippen LogP contribution in [0.1, 0.15) is 65.7 Å². The maximum Gasteiger partial charge on any atom is 3.00 e. The van der Waals surface area contributed by atoms with E-state index in [-0.39, 0.29) is 19.5 Å². The third kappa shape index (κ3) is 32.7. The summed E-state index contributed by atoms with van der Waals surface area (Å²) in [5.74, 6) is -10.3. The molecule has 0 saturated heterocycles. The molecule has 200 valence electrons. The second-order valence-electron chi connectivity index (χ2n) is 6.91. The summed E-state index contributed by atoms with van der Waals surface area (Å²) in [6.07, 6.45) is 12.3. The van der Waals surface area contributed by atoms with Crippen LogP contribution in [-0.4, -0.2) is 52.6 Å². The zero-order valence-electron chi connectivity index (χ0n) is 20.0. The van der Waals surface area contributed by atoms with Crippen LogP contribution in [0.25, 0.3) is 0 Å². The molecule has 0 N–H and O–H groups in total. The number of hydrogen-bond acceptors (Lipinski definition) is 12. The first-order valence-electron chi connectivity index (χ1n) is 10.1. The topological polar surface area (TPSA) is 223 Å². The standard InChI is InChI=1S/C8H12.3C5H6O4.Rh/c1-2-4-6-8-7-5-3-1;3*1-3(6)2-4(7)5(8)9;/h1-4H,5-8H2;3*2H2,1H3,(H,8,9);/q;;;;+3/p-3/b3-1-,4-2-;;;;. The molecule has 1 aliphatic rings. The normalized spacial score (nSPS) is 12.6. The van der Waals surface area contributed by atoms with E-state index in [0.29, 0.717) is 0 Å². The van der Waals surface area contributed by atoms with Crippen molar-refractivity contribution in [2.45, 2.75) is 65.7 Å². The van der Waals surface area contributed by atoms with Gasteiger partial charge in [0.15, 0.2) is 17.3 Å². The average Bonchev–Trinajstić information content (AvgIpc) is 2.67. The SMILES string of the molecule is C1=C\CCCC\C=C/1.CC(=O)CC(=O)C(=O)[O-].CC(=O)CC(=O)C(=O)[O-].CC(=O)CC(=O)C(=O)[O-].[Rh+3]. The summed E-state index contributed by atoms with van der Waals surface area (Å²) < 4.78 is 0. The van der Waals surface area contributed by atoms with Crippen LogP contribution in [-0.2, 0) is 62.6 Å². The van der Waals surface area contributed by atoms with E-state index in [0.717, 1.165) is 20.8 Å². The number of aliphatic carboxylic acids is 3. The predicted octanol–water partition coefficient (Wildman–Crippen LogP) is -2.48. The molecular weight excluding hydrogens is 571 g/mol. The monoisotopic (exact) mass is 598 g/mol. The van der Waals surface area contributed by atoms with E-state index in [1.54, 1.807) is 0 Å². The minimum atomic E-state index is -1.80. The Morgan fingerprint density at radius 1 is 0.528 bits per heavy atom. The molecule has 0 radical (unpaired) electrons. The van der Waals surface area contributed by atoms with Crippen LogP contribution in [0.4, 0.5) is 0 Å². The number of hydrogen-bond donors (Lipinski definition) is 0. The molecule has 0 amide bonds. The Morgan fingerprint density at radius 2 is 0.750 bits per heavy atom. The molecule has 0 aromatic carbocycles. The Morgan fingerprint density at radius 3 is 0.889 bits per heavy atom. The molecule has 0 saturated carbocycles. The van der Waals surface area contributed by atoms with Crippen LogP contribution >= 0.6 is 0 Å². The smallest absolute Gasteiger partial charge is 0.542 e. The van der Waals surface area contributed by atoms with E-state index in [2.05, 4.69) is 24.3 Å². The Labute approximate surface area is 220 Å². The van der Waals surface area contributed by atoms with Gasteiger partial charge in [-0.1, -0.05) is 24.3 Å². The fourth-order valence-corrected chi connectivity index (χ4v) is 1.77. The quantitative estimate of drug-likeness (QED) is 0.153. The van der Waals surface area contributed by atoms with Gasteiger partial charge in [-0.3, -0.25) is 28.8 Å². The van der Waals surface area contributed by atoms with Crippen LogP contribution in [0.15, 0.2) is 24.3 Å². The van der Waals surface area contributed by atoms with Crippen LogP contribution in [0, 0.1) is 0 Å². The van der Waals surface area contributed by atoms with Crippen molar-refractivity contribution < 1.29 is 77.9 Å². The maximum absolute atomic E-state index is 10.1. The summed E-state index contributed by atoms with van der Waals surface area (Å²) in [7, 11) is 0. The van der Waals surface area contributed by atoms with Crippen molar-refractivity contribution in [1.82, 2.24) is 0 Å². The summed E-state index contributed by atoms with van der Waals surface area (Å²) in [5, 5.41) is 28.9.